The van der Waals surface area contributed by atoms with Crippen LogP contribution in [0.4, 0.5) is 0 Å². The van der Waals surface area contributed by atoms with Crippen LogP contribution in [-0.2, 0) is 11.3 Å². The van der Waals surface area contributed by atoms with Gasteiger partial charge < -0.3 is 14.6 Å². The number of ether oxygens (including phenoxy) is 2. The van der Waals surface area contributed by atoms with Crippen molar-refractivity contribution in [3.05, 3.63) is 65.2 Å². The fraction of sp³-hybridized carbons (Fsp3) is 0.478. The SMILES string of the molecule is Cc1ccc(CN(C[C@H](O)COc2ccccc2C)C[C@@H]2CCCO2)cc1. The predicted molar refractivity (Wildman–Crippen MR) is 108 cm³/mol. The molecule has 1 fully saturated rings. The number of aryl methyl sites for hydroxylation is 2. The lowest BCUT2D eigenvalue weighted by Crippen LogP contribution is -2.39. The molecule has 1 heterocycles. The van der Waals surface area contributed by atoms with Crippen LogP contribution in [0.5, 0.6) is 5.75 Å². The van der Waals surface area contributed by atoms with Crippen LogP contribution in [0.15, 0.2) is 48.5 Å². The van der Waals surface area contributed by atoms with E-state index in [1.807, 2.05) is 31.2 Å². The Bertz CT molecular complexity index is 695. The molecule has 1 saturated heterocycles. The van der Waals surface area contributed by atoms with Crippen molar-refractivity contribution < 1.29 is 14.6 Å². The van der Waals surface area contributed by atoms with E-state index in [2.05, 4.69) is 36.1 Å². The number of rotatable bonds is 9. The maximum atomic E-state index is 10.6. The van der Waals surface area contributed by atoms with Crippen molar-refractivity contribution in [2.75, 3.05) is 26.3 Å². The highest BCUT2D eigenvalue weighted by atomic mass is 16.5. The van der Waals surface area contributed by atoms with Gasteiger partial charge >= 0.3 is 0 Å². The Labute approximate surface area is 162 Å². The second kappa shape index (κ2) is 9.88. The maximum absolute atomic E-state index is 10.6. The van der Waals surface area contributed by atoms with Crippen molar-refractivity contribution in [3.63, 3.8) is 0 Å². The van der Waals surface area contributed by atoms with Gasteiger partial charge in [-0.1, -0.05) is 48.0 Å². The molecule has 0 aromatic heterocycles. The first-order chi connectivity index (χ1) is 13.1. The minimum Gasteiger partial charge on any atom is -0.491 e. The van der Waals surface area contributed by atoms with Gasteiger partial charge in [-0.25, -0.2) is 0 Å². The summed E-state index contributed by atoms with van der Waals surface area (Å²) in [6, 6.07) is 16.5. The first-order valence-corrected chi connectivity index (χ1v) is 9.86. The smallest absolute Gasteiger partial charge is 0.122 e. The van der Waals surface area contributed by atoms with Crippen LogP contribution in [0.2, 0.25) is 0 Å². The molecule has 0 bridgehead atoms. The van der Waals surface area contributed by atoms with Gasteiger partial charge in [0.05, 0.1) is 6.10 Å². The number of aliphatic hydroxyl groups is 1. The van der Waals surface area contributed by atoms with Crippen LogP contribution in [0.25, 0.3) is 0 Å². The molecule has 4 nitrogen and oxygen atoms in total. The molecule has 2 aromatic carbocycles. The van der Waals surface area contributed by atoms with Crippen molar-refractivity contribution >= 4 is 0 Å². The van der Waals surface area contributed by atoms with E-state index in [4.69, 9.17) is 9.47 Å². The van der Waals surface area contributed by atoms with E-state index in [0.717, 1.165) is 43.9 Å². The fourth-order valence-electron chi connectivity index (χ4n) is 3.49. The van der Waals surface area contributed by atoms with Gasteiger partial charge in [0.15, 0.2) is 0 Å². The lowest BCUT2D eigenvalue weighted by molar-refractivity contribution is 0.0313. The van der Waals surface area contributed by atoms with Crippen molar-refractivity contribution in [2.45, 2.75) is 45.4 Å². The number of hydrogen-bond acceptors (Lipinski definition) is 4. The molecule has 0 aliphatic carbocycles. The first-order valence-electron chi connectivity index (χ1n) is 9.86. The predicted octanol–water partition coefficient (Wildman–Crippen LogP) is 3.72. The molecule has 4 heteroatoms. The number of hydrogen-bond donors (Lipinski definition) is 1. The van der Waals surface area contributed by atoms with E-state index in [0.29, 0.717) is 13.2 Å². The maximum Gasteiger partial charge on any atom is 0.122 e. The van der Waals surface area contributed by atoms with E-state index in [1.165, 1.54) is 11.1 Å². The lowest BCUT2D eigenvalue weighted by Gasteiger charge is -2.27. The number of nitrogens with zero attached hydrogens (tertiary/aromatic N) is 1. The number of para-hydroxylation sites is 1. The summed E-state index contributed by atoms with van der Waals surface area (Å²) < 4.78 is 11.6. The topological polar surface area (TPSA) is 41.9 Å². The molecule has 1 aliphatic rings. The molecule has 146 valence electrons. The summed E-state index contributed by atoms with van der Waals surface area (Å²) in [5.41, 5.74) is 3.60. The zero-order valence-corrected chi connectivity index (χ0v) is 16.4. The lowest BCUT2D eigenvalue weighted by atomic mass is 10.1. The minimum atomic E-state index is -0.545. The summed E-state index contributed by atoms with van der Waals surface area (Å²) in [6.07, 6.45) is 1.94. The monoisotopic (exact) mass is 369 g/mol. The Morgan fingerprint density at radius 3 is 2.63 bits per heavy atom. The summed E-state index contributed by atoms with van der Waals surface area (Å²) in [6.45, 7) is 7.47. The Morgan fingerprint density at radius 1 is 1.15 bits per heavy atom. The van der Waals surface area contributed by atoms with Crippen LogP contribution in [0.3, 0.4) is 0 Å². The van der Waals surface area contributed by atoms with Crippen LogP contribution >= 0.6 is 0 Å². The Kier molecular flexibility index (Phi) is 7.27. The zero-order chi connectivity index (χ0) is 19.1. The molecular weight excluding hydrogens is 338 g/mol. The molecule has 1 aliphatic heterocycles. The van der Waals surface area contributed by atoms with Crippen molar-refractivity contribution in [3.8, 4) is 5.75 Å². The molecule has 0 radical (unpaired) electrons. The van der Waals surface area contributed by atoms with E-state index >= 15 is 0 Å². The minimum absolute atomic E-state index is 0.264. The van der Waals surface area contributed by atoms with Crippen LogP contribution in [0.1, 0.15) is 29.5 Å². The molecule has 0 saturated carbocycles. The highest BCUT2D eigenvalue weighted by molar-refractivity contribution is 5.31. The summed E-state index contributed by atoms with van der Waals surface area (Å²) >= 11 is 0. The number of aliphatic hydroxyl groups excluding tert-OH is 1. The normalized spacial score (nSPS) is 18.0. The van der Waals surface area contributed by atoms with Crippen molar-refractivity contribution in [2.24, 2.45) is 0 Å². The van der Waals surface area contributed by atoms with Crippen LogP contribution < -0.4 is 4.74 Å². The van der Waals surface area contributed by atoms with Crippen molar-refractivity contribution in [1.29, 1.82) is 0 Å². The molecule has 2 atom stereocenters. The highest BCUT2D eigenvalue weighted by Gasteiger charge is 2.21. The highest BCUT2D eigenvalue weighted by Crippen LogP contribution is 2.18. The molecule has 27 heavy (non-hydrogen) atoms. The van der Waals surface area contributed by atoms with E-state index in [9.17, 15) is 5.11 Å². The molecule has 0 amide bonds. The zero-order valence-electron chi connectivity index (χ0n) is 16.4. The van der Waals surface area contributed by atoms with Gasteiger partial charge in [0, 0.05) is 26.2 Å². The third-order valence-electron chi connectivity index (χ3n) is 5.01. The molecular formula is C23H31NO3. The summed E-state index contributed by atoms with van der Waals surface area (Å²) in [5, 5.41) is 10.6. The number of benzene rings is 2. The molecule has 1 N–H and O–H groups in total. The van der Waals surface area contributed by atoms with Gasteiger partial charge in [-0.05, 0) is 43.9 Å². The Balaban J connectivity index is 1.57. The van der Waals surface area contributed by atoms with Crippen molar-refractivity contribution in [1.82, 2.24) is 4.90 Å². The van der Waals surface area contributed by atoms with E-state index < -0.39 is 6.10 Å². The standard InChI is InChI=1S/C23H31NO3/c1-18-9-11-20(12-10-18)14-24(16-22-7-5-13-26-22)15-21(25)17-27-23-8-4-3-6-19(23)2/h3-4,6,8-12,21-22,25H,5,7,13-17H2,1-2H3/t21-,22-/m0/s1. The Hall–Kier alpha value is -1.88. The second-order valence-corrected chi connectivity index (χ2v) is 7.55. The molecule has 0 unspecified atom stereocenters. The van der Waals surface area contributed by atoms with E-state index in [1.54, 1.807) is 0 Å². The summed E-state index contributed by atoms with van der Waals surface area (Å²) in [7, 11) is 0. The molecule has 2 aromatic rings. The van der Waals surface area contributed by atoms with Crippen LogP contribution in [-0.4, -0.2) is 48.5 Å². The van der Waals surface area contributed by atoms with Crippen LogP contribution in [0, 0.1) is 13.8 Å². The fourth-order valence-corrected chi connectivity index (χ4v) is 3.49. The summed E-state index contributed by atoms with van der Waals surface area (Å²) in [4.78, 5) is 2.28. The summed E-state index contributed by atoms with van der Waals surface area (Å²) in [5.74, 6) is 0.834. The van der Waals surface area contributed by atoms with Gasteiger partial charge in [0.1, 0.15) is 18.5 Å². The van der Waals surface area contributed by atoms with Gasteiger partial charge in [-0.3, -0.25) is 4.90 Å². The first kappa shape index (κ1) is 19.9. The molecule has 0 spiro atoms. The van der Waals surface area contributed by atoms with Gasteiger partial charge in [0.25, 0.3) is 0 Å². The van der Waals surface area contributed by atoms with Gasteiger partial charge in [-0.15, -0.1) is 0 Å². The largest absolute Gasteiger partial charge is 0.491 e. The van der Waals surface area contributed by atoms with Gasteiger partial charge in [0.2, 0.25) is 0 Å². The second-order valence-electron chi connectivity index (χ2n) is 7.55. The van der Waals surface area contributed by atoms with E-state index in [-0.39, 0.29) is 6.10 Å². The Morgan fingerprint density at radius 2 is 1.93 bits per heavy atom. The average molecular weight is 370 g/mol. The average Bonchev–Trinajstić information content (AvgIpc) is 3.16. The third kappa shape index (κ3) is 6.35. The quantitative estimate of drug-likeness (QED) is 0.731. The molecule has 3 rings (SSSR count). The van der Waals surface area contributed by atoms with Gasteiger partial charge in [-0.2, -0.15) is 0 Å². The third-order valence-corrected chi connectivity index (χ3v) is 5.01.